The molecule has 0 N–H and O–H groups in total. The van der Waals surface area contributed by atoms with Crippen LogP contribution in [0.1, 0.15) is 40.0 Å². The summed E-state index contributed by atoms with van der Waals surface area (Å²) in [6.45, 7) is 11.1. The molecule has 0 aromatic carbocycles. The summed E-state index contributed by atoms with van der Waals surface area (Å²) in [6, 6.07) is 0. The van der Waals surface area contributed by atoms with Gasteiger partial charge >= 0.3 is 0 Å². The molecule has 1 aliphatic rings. The van der Waals surface area contributed by atoms with Crippen LogP contribution < -0.4 is 0 Å². The number of rotatable bonds is 4. The lowest BCUT2D eigenvalue weighted by molar-refractivity contribution is 0.193. The molecule has 2 atom stereocenters. The molecule has 1 saturated carbocycles. The van der Waals surface area contributed by atoms with Crippen molar-refractivity contribution in [3.8, 4) is 0 Å². The lowest BCUT2D eigenvalue weighted by Gasteiger charge is -2.35. The molecule has 0 bridgehead atoms. The Balaban J connectivity index is 2.76. The van der Waals surface area contributed by atoms with E-state index >= 15 is 0 Å². The average molecular weight is 227 g/mol. The van der Waals surface area contributed by atoms with Crippen LogP contribution in [0.3, 0.4) is 0 Å². The fraction of sp³-hybridized carbons (Fsp3) is 0.714. The van der Waals surface area contributed by atoms with Gasteiger partial charge in [-0.25, -0.2) is 0 Å². The Morgan fingerprint density at radius 3 is 2.47 bits per heavy atom. The highest BCUT2D eigenvalue weighted by Gasteiger charge is 2.46. The average Bonchev–Trinajstić information content (AvgIpc) is 2.38. The molecule has 1 fully saturated rings. The van der Waals surface area contributed by atoms with E-state index in [2.05, 4.69) is 45.6 Å². The fourth-order valence-electron chi connectivity index (χ4n) is 3.11. The second-order valence-electron chi connectivity index (χ2n) is 5.69. The van der Waals surface area contributed by atoms with E-state index in [1.54, 1.807) is 0 Å². The van der Waals surface area contributed by atoms with Gasteiger partial charge in [-0.1, -0.05) is 39.0 Å². The van der Waals surface area contributed by atoms with Gasteiger partial charge in [-0.15, -0.1) is 18.2 Å². The fourth-order valence-corrected chi connectivity index (χ4v) is 3.24. The molecule has 0 radical (unpaired) electrons. The van der Waals surface area contributed by atoms with E-state index in [4.69, 9.17) is 11.6 Å². The van der Waals surface area contributed by atoms with Crippen LogP contribution in [-0.4, -0.2) is 5.88 Å². The summed E-state index contributed by atoms with van der Waals surface area (Å²) in [5.41, 5.74) is 0.791. The van der Waals surface area contributed by atoms with Crippen LogP contribution in [0.15, 0.2) is 24.8 Å². The maximum atomic E-state index is 5.65. The minimum Gasteiger partial charge on any atom is -0.122 e. The van der Waals surface area contributed by atoms with E-state index in [0.717, 1.165) is 6.42 Å². The minimum absolute atomic E-state index is 0.383. The molecule has 1 heteroatoms. The number of hydrogen-bond acceptors (Lipinski definition) is 0. The van der Waals surface area contributed by atoms with Crippen molar-refractivity contribution < 1.29 is 0 Å². The number of alkyl halides is 1. The van der Waals surface area contributed by atoms with Crippen LogP contribution >= 0.6 is 11.6 Å². The summed E-state index contributed by atoms with van der Waals surface area (Å²) in [7, 11) is 0. The molecule has 0 spiro atoms. The summed E-state index contributed by atoms with van der Waals surface area (Å²) in [6.07, 6.45) is 10.2. The molecular weight excluding hydrogens is 204 g/mol. The second-order valence-corrected chi connectivity index (χ2v) is 5.99. The Bertz CT molecular complexity index is 252. The minimum atomic E-state index is 0.383. The van der Waals surface area contributed by atoms with Gasteiger partial charge in [-0.2, -0.15) is 0 Å². The van der Waals surface area contributed by atoms with Crippen molar-refractivity contribution in [2.75, 3.05) is 5.88 Å². The van der Waals surface area contributed by atoms with E-state index in [0.29, 0.717) is 22.6 Å². The maximum absolute atomic E-state index is 5.65. The number of hydrogen-bond donors (Lipinski definition) is 0. The lowest BCUT2D eigenvalue weighted by Crippen LogP contribution is -2.27. The van der Waals surface area contributed by atoms with Gasteiger partial charge in [0.1, 0.15) is 0 Å². The summed E-state index contributed by atoms with van der Waals surface area (Å²) in [4.78, 5) is 0. The third kappa shape index (κ3) is 2.66. The Morgan fingerprint density at radius 1 is 1.27 bits per heavy atom. The Morgan fingerprint density at radius 2 is 1.93 bits per heavy atom. The first-order chi connectivity index (χ1) is 6.96. The standard InChI is InChI=1S/C14H23Cl/c1-5-12-13(2,3)9-10-14(12,4)8-6-7-11-15/h5-7,12H,1,8-11H2,2-4H3/b7-6+/t12-,14+/m0/s1. The zero-order chi connectivity index (χ0) is 11.5. The smallest absolute Gasteiger partial charge is 0.0404 e. The van der Waals surface area contributed by atoms with E-state index in [9.17, 15) is 0 Å². The van der Waals surface area contributed by atoms with E-state index in [1.807, 2.05) is 0 Å². The quantitative estimate of drug-likeness (QED) is 0.477. The molecule has 0 aromatic heterocycles. The third-order valence-corrected chi connectivity index (χ3v) is 4.19. The van der Waals surface area contributed by atoms with Crippen LogP contribution in [0.5, 0.6) is 0 Å². The highest BCUT2D eigenvalue weighted by Crippen LogP contribution is 2.56. The van der Waals surface area contributed by atoms with Crippen molar-refractivity contribution in [3.63, 3.8) is 0 Å². The van der Waals surface area contributed by atoms with E-state index < -0.39 is 0 Å². The highest BCUT2D eigenvalue weighted by molar-refractivity contribution is 6.18. The Labute approximate surface area is 99.4 Å². The van der Waals surface area contributed by atoms with Gasteiger partial charge < -0.3 is 0 Å². The molecule has 0 heterocycles. The van der Waals surface area contributed by atoms with Gasteiger partial charge in [0.25, 0.3) is 0 Å². The molecule has 0 aromatic rings. The van der Waals surface area contributed by atoms with Gasteiger partial charge in [-0.3, -0.25) is 0 Å². The number of allylic oxidation sites excluding steroid dienone is 3. The van der Waals surface area contributed by atoms with Crippen LogP contribution in [0, 0.1) is 16.7 Å². The highest BCUT2D eigenvalue weighted by atomic mass is 35.5. The normalized spacial score (nSPS) is 34.8. The third-order valence-electron chi connectivity index (χ3n) is 4.01. The first kappa shape index (κ1) is 12.8. The molecule has 0 amide bonds. The monoisotopic (exact) mass is 226 g/mol. The van der Waals surface area contributed by atoms with Gasteiger partial charge in [0.15, 0.2) is 0 Å². The zero-order valence-corrected chi connectivity index (χ0v) is 11.0. The van der Waals surface area contributed by atoms with Crippen molar-refractivity contribution in [2.24, 2.45) is 16.7 Å². The van der Waals surface area contributed by atoms with Crippen molar-refractivity contribution in [1.82, 2.24) is 0 Å². The number of halogens is 1. The van der Waals surface area contributed by atoms with Crippen molar-refractivity contribution in [1.29, 1.82) is 0 Å². The zero-order valence-electron chi connectivity index (χ0n) is 10.2. The van der Waals surface area contributed by atoms with Gasteiger partial charge in [-0.05, 0) is 36.0 Å². The first-order valence-corrected chi connectivity index (χ1v) is 6.33. The lowest BCUT2D eigenvalue weighted by atomic mass is 9.70. The van der Waals surface area contributed by atoms with Gasteiger partial charge in [0, 0.05) is 5.88 Å². The summed E-state index contributed by atoms with van der Waals surface area (Å²) in [5, 5.41) is 0. The molecule has 0 saturated heterocycles. The topological polar surface area (TPSA) is 0 Å². The SMILES string of the molecule is C=C[C@H]1C(C)(C)CC[C@@]1(C)C/C=C/CCl. The summed E-state index contributed by atoms with van der Waals surface area (Å²) < 4.78 is 0. The molecule has 0 nitrogen and oxygen atoms in total. The Hall–Kier alpha value is -0.230. The van der Waals surface area contributed by atoms with Crippen molar-refractivity contribution >= 4 is 11.6 Å². The van der Waals surface area contributed by atoms with E-state index in [-0.39, 0.29) is 0 Å². The molecular formula is C14H23Cl. The Kier molecular flexibility index (Phi) is 4.06. The van der Waals surface area contributed by atoms with Gasteiger partial charge in [0.2, 0.25) is 0 Å². The summed E-state index contributed by atoms with van der Waals surface area (Å²) >= 11 is 5.65. The van der Waals surface area contributed by atoms with Crippen LogP contribution in [-0.2, 0) is 0 Å². The van der Waals surface area contributed by atoms with Gasteiger partial charge in [0.05, 0.1) is 0 Å². The molecule has 1 aliphatic carbocycles. The maximum Gasteiger partial charge on any atom is 0.0404 e. The van der Waals surface area contributed by atoms with E-state index in [1.165, 1.54) is 12.8 Å². The molecule has 0 aliphatic heterocycles. The predicted molar refractivity (Wildman–Crippen MR) is 69.3 cm³/mol. The summed E-state index contributed by atoms with van der Waals surface area (Å²) in [5.74, 6) is 1.24. The molecule has 86 valence electrons. The molecule has 15 heavy (non-hydrogen) atoms. The van der Waals surface area contributed by atoms with Crippen LogP contribution in [0.2, 0.25) is 0 Å². The van der Waals surface area contributed by atoms with Crippen LogP contribution in [0.25, 0.3) is 0 Å². The predicted octanol–water partition coefficient (Wildman–Crippen LogP) is 4.80. The van der Waals surface area contributed by atoms with Crippen molar-refractivity contribution in [3.05, 3.63) is 24.8 Å². The molecule has 0 unspecified atom stereocenters. The second kappa shape index (κ2) is 4.74. The van der Waals surface area contributed by atoms with Crippen molar-refractivity contribution in [2.45, 2.75) is 40.0 Å². The first-order valence-electron chi connectivity index (χ1n) is 5.80. The molecule has 1 rings (SSSR count). The van der Waals surface area contributed by atoms with Crippen LogP contribution in [0.4, 0.5) is 0 Å². The largest absolute Gasteiger partial charge is 0.122 e.